The maximum absolute atomic E-state index is 13.0. The van der Waals surface area contributed by atoms with Crippen molar-refractivity contribution in [3.05, 3.63) is 48.2 Å². The SMILES string of the molecule is NS(=O)(=O)c1cccnc1Nc1cc(F)cc(F)c1. The molecule has 1 aromatic heterocycles. The predicted molar refractivity (Wildman–Crippen MR) is 65.3 cm³/mol. The quantitative estimate of drug-likeness (QED) is 0.899. The minimum Gasteiger partial charge on any atom is -0.339 e. The average molecular weight is 285 g/mol. The van der Waals surface area contributed by atoms with Gasteiger partial charge in [-0.3, -0.25) is 0 Å². The number of anilines is 2. The molecule has 0 radical (unpaired) electrons. The zero-order valence-corrected chi connectivity index (χ0v) is 10.3. The minimum atomic E-state index is -3.99. The van der Waals surface area contributed by atoms with Crippen LogP contribution in [0.25, 0.3) is 0 Å². The second-order valence-electron chi connectivity index (χ2n) is 3.68. The van der Waals surface area contributed by atoms with Crippen LogP contribution in [-0.4, -0.2) is 13.4 Å². The molecule has 0 amide bonds. The van der Waals surface area contributed by atoms with Gasteiger partial charge >= 0.3 is 0 Å². The fourth-order valence-corrected chi connectivity index (χ4v) is 2.12. The number of hydrogen-bond donors (Lipinski definition) is 2. The molecule has 2 aromatic rings. The van der Waals surface area contributed by atoms with Crippen molar-refractivity contribution in [2.75, 3.05) is 5.32 Å². The first-order valence-corrected chi connectivity index (χ1v) is 6.62. The van der Waals surface area contributed by atoms with E-state index in [0.29, 0.717) is 6.07 Å². The number of hydrogen-bond acceptors (Lipinski definition) is 4. The molecule has 0 fully saturated rings. The minimum absolute atomic E-state index is 0.0288. The zero-order valence-electron chi connectivity index (χ0n) is 9.47. The van der Waals surface area contributed by atoms with Gasteiger partial charge in [0.25, 0.3) is 0 Å². The highest BCUT2D eigenvalue weighted by Crippen LogP contribution is 2.22. The van der Waals surface area contributed by atoms with Crippen LogP contribution in [0.3, 0.4) is 0 Å². The van der Waals surface area contributed by atoms with Crippen molar-refractivity contribution in [3.63, 3.8) is 0 Å². The monoisotopic (exact) mass is 285 g/mol. The van der Waals surface area contributed by atoms with E-state index in [1.807, 2.05) is 0 Å². The Balaban J connectivity index is 2.44. The van der Waals surface area contributed by atoms with Crippen LogP contribution in [0.4, 0.5) is 20.3 Å². The lowest BCUT2D eigenvalue weighted by Gasteiger charge is -2.09. The summed E-state index contributed by atoms with van der Waals surface area (Å²) in [7, 11) is -3.99. The van der Waals surface area contributed by atoms with Crippen molar-refractivity contribution < 1.29 is 17.2 Å². The van der Waals surface area contributed by atoms with Gasteiger partial charge in [-0.25, -0.2) is 27.3 Å². The molecule has 0 saturated heterocycles. The van der Waals surface area contributed by atoms with Gasteiger partial charge in [0, 0.05) is 18.0 Å². The van der Waals surface area contributed by atoms with E-state index in [1.54, 1.807) is 0 Å². The standard InChI is InChI=1S/C11H9F2N3O2S/c12-7-4-8(13)6-9(5-7)16-11-10(19(14,17)18)2-1-3-15-11/h1-6H,(H,15,16)(H2,14,17,18). The molecule has 1 heterocycles. The summed E-state index contributed by atoms with van der Waals surface area (Å²) >= 11 is 0. The maximum atomic E-state index is 13.0. The number of rotatable bonds is 3. The van der Waals surface area contributed by atoms with Gasteiger partial charge in [0.05, 0.1) is 0 Å². The Hall–Kier alpha value is -2.06. The third kappa shape index (κ3) is 3.24. The summed E-state index contributed by atoms with van der Waals surface area (Å²) < 4.78 is 48.7. The molecule has 0 aliphatic rings. The van der Waals surface area contributed by atoms with Crippen LogP contribution in [0.15, 0.2) is 41.4 Å². The Morgan fingerprint density at radius 2 is 1.79 bits per heavy atom. The lowest BCUT2D eigenvalue weighted by atomic mass is 10.3. The van der Waals surface area contributed by atoms with Crippen LogP contribution >= 0.6 is 0 Å². The number of halogens is 2. The van der Waals surface area contributed by atoms with Crippen molar-refractivity contribution in [2.45, 2.75) is 4.90 Å². The summed E-state index contributed by atoms with van der Waals surface area (Å²) in [6.07, 6.45) is 1.33. The highest BCUT2D eigenvalue weighted by molar-refractivity contribution is 7.89. The first kappa shape index (κ1) is 13.4. The molecular weight excluding hydrogens is 276 g/mol. The average Bonchev–Trinajstić information content (AvgIpc) is 2.26. The lowest BCUT2D eigenvalue weighted by molar-refractivity contribution is 0.584. The van der Waals surface area contributed by atoms with Crippen LogP contribution in [0.2, 0.25) is 0 Å². The molecule has 0 saturated carbocycles. The van der Waals surface area contributed by atoms with Gasteiger partial charge in [-0.05, 0) is 24.3 Å². The van der Waals surface area contributed by atoms with E-state index in [2.05, 4.69) is 10.3 Å². The predicted octanol–water partition coefficient (Wildman–Crippen LogP) is 1.75. The second kappa shape index (κ2) is 4.90. The summed E-state index contributed by atoms with van der Waals surface area (Å²) in [4.78, 5) is 3.52. The first-order valence-electron chi connectivity index (χ1n) is 5.07. The fraction of sp³-hybridized carbons (Fsp3) is 0. The molecule has 1 aromatic carbocycles. The Bertz CT molecular complexity index is 699. The summed E-state index contributed by atoms with van der Waals surface area (Å²) in [6.45, 7) is 0. The summed E-state index contributed by atoms with van der Waals surface area (Å²) in [6, 6.07) is 5.33. The number of benzene rings is 1. The Morgan fingerprint density at radius 3 is 2.37 bits per heavy atom. The second-order valence-corrected chi connectivity index (χ2v) is 5.21. The molecule has 2 rings (SSSR count). The molecule has 100 valence electrons. The van der Waals surface area contributed by atoms with E-state index in [9.17, 15) is 17.2 Å². The first-order chi connectivity index (χ1) is 8.86. The van der Waals surface area contributed by atoms with Crippen LogP contribution in [-0.2, 0) is 10.0 Å². The van der Waals surface area contributed by atoms with Crippen LogP contribution in [0.5, 0.6) is 0 Å². The molecule has 3 N–H and O–H groups in total. The molecule has 8 heteroatoms. The molecular formula is C11H9F2N3O2S. The zero-order chi connectivity index (χ0) is 14.0. The van der Waals surface area contributed by atoms with Gasteiger partial charge in [-0.15, -0.1) is 0 Å². The summed E-state index contributed by atoms with van der Waals surface area (Å²) in [5.74, 6) is -1.69. The molecule has 0 atom stereocenters. The highest BCUT2D eigenvalue weighted by Gasteiger charge is 2.15. The van der Waals surface area contributed by atoms with Gasteiger partial charge < -0.3 is 5.32 Å². The van der Waals surface area contributed by atoms with E-state index in [4.69, 9.17) is 5.14 Å². The third-order valence-electron chi connectivity index (χ3n) is 2.20. The van der Waals surface area contributed by atoms with Gasteiger partial charge in [0.1, 0.15) is 16.5 Å². The van der Waals surface area contributed by atoms with Crippen molar-refractivity contribution >= 4 is 21.5 Å². The molecule has 19 heavy (non-hydrogen) atoms. The summed E-state index contributed by atoms with van der Waals surface area (Å²) in [5.41, 5.74) is 0.0288. The smallest absolute Gasteiger partial charge is 0.241 e. The topological polar surface area (TPSA) is 85.1 Å². The van der Waals surface area contributed by atoms with Crippen molar-refractivity contribution in [3.8, 4) is 0 Å². The van der Waals surface area contributed by atoms with Crippen molar-refractivity contribution in [2.24, 2.45) is 5.14 Å². The number of nitrogens with two attached hydrogens (primary N) is 1. The van der Waals surface area contributed by atoms with E-state index < -0.39 is 21.7 Å². The number of sulfonamides is 1. The molecule has 0 unspecified atom stereocenters. The van der Waals surface area contributed by atoms with E-state index in [1.165, 1.54) is 18.3 Å². The molecule has 5 nitrogen and oxygen atoms in total. The van der Waals surface area contributed by atoms with Crippen LogP contribution in [0.1, 0.15) is 0 Å². The third-order valence-corrected chi connectivity index (χ3v) is 3.14. The number of pyridine rings is 1. The van der Waals surface area contributed by atoms with E-state index >= 15 is 0 Å². The molecule has 0 spiro atoms. The lowest BCUT2D eigenvalue weighted by Crippen LogP contribution is -2.14. The van der Waals surface area contributed by atoms with E-state index in [0.717, 1.165) is 12.1 Å². The van der Waals surface area contributed by atoms with Crippen molar-refractivity contribution in [1.29, 1.82) is 0 Å². The van der Waals surface area contributed by atoms with E-state index in [-0.39, 0.29) is 16.4 Å². The van der Waals surface area contributed by atoms with Gasteiger partial charge in [0.15, 0.2) is 5.82 Å². The number of nitrogens with one attached hydrogen (secondary N) is 1. The largest absolute Gasteiger partial charge is 0.339 e. The number of nitrogens with zero attached hydrogens (tertiary/aromatic N) is 1. The summed E-state index contributed by atoms with van der Waals surface area (Å²) in [5, 5.41) is 7.53. The fourth-order valence-electron chi connectivity index (χ4n) is 1.48. The highest BCUT2D eigenvalue weighted by atomic mass is 32.2. The van der Waals surface area contributed by atoms with Crippen molar-refractivity contribution in [1.82, 2.24) is 4.98 Å². The Kier molecular flexibility index (Phi) is 3.45. The maximum Gasteiger partial charge on any atom is 0.241 e. The van der Waals surface area contributed by atoms with Crippen LogP contribution < -0.4 is 10.5 Å². The molecule has 0 aliphatic heterocycles. The molecule has 0 aliphatic carbocycles. The number of primary sulfonamides is 1. The Morgan fingerprint density at radius 1 is 1.16 bits per heavy atom. The molecule has 0 bridgehead atoms. The normalized spacial score (nSPS) is 11.3. The van der Waals surface area contributed by atoms with Crippen LogP contribution in [0, 0.1) is 11.6 Å². The van der Waals surface area contributed by atoms with Gasteiger partial charge in [-0.2, -0.15) is 0 Å². The van der Waals surface area contributed by atoms with Gasteiger partial charge in [-0.1, -0.05) is 0 Å². The number of aromatic nitrogens is 1. The van der Waals surface area contributed by atoms with Gasteiger partial charge in [0.2, 0.25) is 10.0 Å². The Labute approximate surface area is 108 Å².